The Bertz CT molecular complexity index is 972. The van der Waals surface area contributed by atoms with Gasteiger partial charge in [-0.25, -0.2) is 0 Å². The molecule has 0 amide bonds. The van der Waals surface area contributed by atoms with E-state index in [1.165, 1.54) is 0 Å². The van der Waals surface area contributed by atoms with E-state index in [4.69, 9.17) is 18.9 Å². The number of hydrogen-bond acceptors (Lipinski definition) is 6. The highest BCUT2D eigenvalue weighted by molar-refractivity contribution is 5.16. The van der Waals surface area contributed by atoms with Gasteiger partial charge in [0.05, 0.1) is 26.4 Å². The van der Waals surface area contributed by atoms with E-state index in [-0.39, 0.29) is 26.4 Å². The predicted octanol–water partition coefficient (Wildman–Crippen LogP) is 4.05. The molecule has 0 aromatic heterocycles. The average molecular weight is 491 g/mol. The van der Waals surface area contributed by atoms with Crippen molar-refractivity contribution in [3.8, 4) is 0 Å². The third kappa shape index (κ3) is 6.89. The second-order valence-corrected chi connectivity index (χ2v) is 8.85. The molecule has 2 N–H and O–H groups in total. The Balaban J connectivity index is 1.59. The SMILES string of the molecule is C=CCOC1[C@H](O)[C@H](OCc2ccccc2)C(OCc2ccccc2)[C@H](OCc2ccccc2)[C@H]1O. The van der Waals surface area contributed by atoms with Crippen molar-refractivity contribution in [2.75, 3.05) is 6.61 Å². The van der Waals surface area contributed by atoms with Crippen LogP contribution in [0, 0.1) is 0 Å². The van der Waals surface area contributed by atoms with Gasteiger partial charge in [-0.05, 0) is 16.7 Å². The van der Waals surface area contributed by atoms with E-state index in [1.807, 2.05) is 91.0 Å². The molecule has 4 rings (SSSR count). The molecular weight excluding hydrogens is 456 g/mol. The van der Waals surface area contributed by atoms with Crippen LogP contribution >= 0.6 is 0 Å². The fourth-order valence-corrected chi connectivity index (χ4v) is 4.40. The van der Waals surface area contributed by atoms with Gasteiger partial charge in [0.25, 0.3) is 0 Å². The fourth-order valence-electron chi connectivity index (χ4n) is 4.40. The summed E-state index contributed by atoms with van der Waals surface area (Å²) in [6.45, 7) is 4.67. The Morgan fingerprint density at radius 1 is 0.528 bits per heavy atom. The summed E-state index contributed by atoms with van der Waals surface area (Å²) in [7, 11) is 0. The van der Waals surface area contributed by atoms with Gasteiger partial charge in [0.1, 0.15) is 36.6 Å². The number of benzene rings is 3. The van der Waals surface area contributed by atoms with E-state index < -0.39 is 36.6 Å². The highest BCUT2D eigenvalue weighted by Crippen LogP contribution is 2.32. The Hall–Kier alpha value is -2.84. The highest BCUT2D eigenvalue weighted by Gasteiger charge is 2.52. The molecule has 0 bridgehead atoms. The monoisotopic (exact) mass is 490 g/mol. The zero-order chi connectivity index (χ0) is 25.2. The van der Waals surface area contributed by atoms with Crippen LogP contribution in [0.15, 0.2) is 104 Å². The van der Waals surface area contributed by atoms with Gasteiger partial charge in [-0.2, -0.15) is 0 Å². The summed E-state index contributed by atoms with van der Waals surface area (Å²) in [4.78, 5) is 0. The Kier molecular flexibility index (Phi) is 9.81. The molecule has 1 fully saturated rings. The van der Waals surface area contributed by atoms with Crippen LogP contribution in [-0.4, -0.2) is 53.4 Å². The molecule has 3 aromatic carbocycles. The highest BCUT2D eigenvalue weighted by atomic mass is 16.6. The van der Waals surface area contributed by atoms with E-state index >= 15 is 0 Å². The number of hydrogen-bond donors (Lipinski definition) is 2. The van der Waals surface area contributed by atoms with Crippen molar-refractivity contribution < 1.29 is 29.2 Å². The maximum atomic E-state index is 11.3. The van der Waals surface area contributed by atoms with Crippen molar-refractivity contribution in [1.82, 2.24) is 0 Å². The zero-order valence-electron chi connectivity index (χ0n) is 20.3. The van der Waals surface area contributed by atoms with Crippen LogP contribution < -0.4 is 0 Å². The summed E-state index contributed by atoms with van der Waals surface area (Å²) in [6.07, 6.45) is -3.97. The van der Waals surface area contributed by atoms with Gasteiger partial charge in [0, 0.05) is 0 Å². The van der Waals surface area contributed by atoms with E-state index in [0.717, 1.165) is 16.7 Å². The first kappa shape index (κ1) is 26.2. The first-order chi connectivity index (χ1) is 17.7. The molecule has 0 radical (unpaired) electrons. The quantitative estimate of drug-likeness (QED) is 0.373. The van der Waals surface area contributed by atoms with Crippen LogP contribution in [0.4, 0.5) is 0 Å². The lowest BCUT2D eigenvalue weighted by molar-refractivity contribution is -0.269. The number of ether oxygens (including phenoxy) is 4. The molecule has 1 aliphatic carbocycles. The van der Waals surface area contributed by atoms with Crippen LogP contribution in [-0.2, 0) is 38.8 Å². The van der Waals surface area contributed by atoms with Crippen molar-refractivity contribution in [2.45, 2.75) is 56.4 Å². The molecule has 0 spiro atoms. The lowest BCUT2D eigenvalue weighted by atomic mass is 9.84. The summed E-state index contributed by atoms with van der Waals surface area (Å²) in [6, 6.07) is 29.2. The van der Waals surface area contributed by atoms with Crippen LogP contribution in [0.2, 0.25) is 0 Å². The standard InChI is InChI=1S/C30H34O6/c1-2-18-33-27-25(31)28(34-19-22-12-6-3-7-13-22)30(36-21-24-16-10-5-11-17-24)29(26(27)32)35-20-23-14-8-4-9-15-23/h2-17,25-32H,1,18-21H2/t25-,26-,27?,28-,29+,30?/m0/s1. The minimum absolute atomic E-state index is 0.172. The van der Waals surface area contributed by atoms with Crippen molar-refractivity contribution in [2.24, 2.45) is 0 Å². The number of aliphatic hydroxyl groups is 2. The largest absolute Gasteiger partial charge is 0.387 e. The molecule has 3 aromatic rings. The Morgan fingerprint density at radius 2 is 0.889 bits per heavy atom. The molecular formula is C30H34O6. The van der Waals surface area contributed by atoms with E-state index in [0.29, 0.717) is 0 Å². The van der Waals surface area contributed by atoms with Crippen molar-refractivity contribution in [3.05, 3.63) is 120 Å². The minimum Gasteiger partial charge on any atom is -0.387 e. The van der Waals surface area contributed by atoms with Gasteiger partial charge in [0.2, 0.25) is 0 Å². The molecule has 0 aliphatic heterocycles. The van der Waals surface area contributed by atoms with Gasteiger partial charge < -0.3 is 29.2 Å². The lowest BCUT2D eigenvalue weighted by Crippen LogP contribution is -2.66. The van der Waals surface area contributed by atoms with Crippen molar-refractivity contribution in [3.63, 3.8) is 0 Å². The van der Waals surface area contributed by atoms with E-state index in [2.05, 4.69) is 6.58 Å². The van der Waals surface area contributed by atoms with Crippen LogP contribution in [0.5, 0.6) is 0 Å². The van der Waals surface area contributed by atoms with E-state index in [9.17, 15) is 10.2 Å². The maximum Gasteiger partial charge on any atom is 0.116 e. The maximum absolute atomic E-state index is 11.3. The van der Waals surface area contributed by atoms with Gasteiger partial charge in [-0.1, -0.05) is 97.1 Å². The van der Waals surface area contributed by atoms with Crippen LogP contribution in [0.25, 0.3) is 0 Å². The summed E-state index contributed by atoms with van der Waals surface area (Å²) >= 11 is 0. The third-order valence-corrected chi connectivity index (χ3v) is 6.26. The smallest absolute Gasteiger partial charge is 0.116 e. The summed E-state index contributed by atoms with van der Waals surface area (Å²) < 4.78 is 24.6. The van der Waals surface area contributed by atoms with E-state index in [1.54, 1.807) is 6.08 Å². The van der Waals surface area contributed by atoms with Gasteiger partial charge >= 0.3 is 0 Å². The first-order valence-electron chi connectivity index (χ1n) is 12.2. The van der Waals surface area contributed by atoms with Gasteiger partial charge in [0.15, 0.2) is 0 Å². The summed E-state index contributed by atoms with van der Waals surface area (Å²) in [5, 5.41) is 22.6. The second kappa shape index (κ2) is 13.5. The normalized spacial score (nSPS) is 25.9. The van der Waals surface area contributed by atoms with Gasteiger partial charge in [-0.3, -0.25) is 0 Å². The Labute approximate surface area is 212 Å². The van der Waals surface area contributed by atoms with Crippen LogP contribution in [0.3, 0.4) is 0 Å². The Morgan fingerprint density at radius 3 is 1.25 bits per heavy atom. The molecule has 36 heavy (non-hydrogen) atoms. The van der Waals surface area contributed by atoms with Gasteiger partial charge in [-0.15, -0.1) is 6.58 Å². The molecule has 0 saturated heterocycles. The van der Waals surface area contributed by atoms with Crippen LogP contribution in [0.1, 0.15) is 16.7 Å². The summed E-state index contributed by atoms with van der Waals surface area (Å²) in [5.74, 6) is 0. The lowest BCUT2D eigenvalue weighted by Gasteiger charge is -2.46. The third-order valence-electron chi connectivity index (χ3n) is 6.26. The first-order valence-corrected chi connectivity index (χ1v) is 12.2. The molecule has 190 valence electrons. The molecule has 1 saturated carbocycles. The molecule has 1 aliphatic rings. The average Bonchev–Trinajstić information content (AvgIpc) is 2.92. The molecule has 2 unspecified atom stereocenters. The zero-order valence-corrected chi connectivity index (χ0v) is 20.3. The number of rotatable bonds is 12. The fraction of sp³-hybridized carbons (Fsp3) is 0.333. The minimum atomic E-state index is -1.14. The second-order valence-electron chi connectivity index (χ2n) is 8.85. The molecule has 6 heteroatoms. The molecule has 6 atom stereocenters. The van der Waals surface area contributed by atoms with Crippen molar-refractivity contribution in [1.29, 1.82) is 0 Å². The predicted molar refractivity (Wildman–Crippen MR) is 137 cm³/mol. The van der Waals surface area contributed by atoms with Crippen molar-refractivity contribution >= 4 is 0 Å². The molecule has 0 heterocycles. The number of aliphatic hydroxyl groups excluding tert-OH is 2. The topological polar surface area (TPSA) is 77.4 Å². The summed E-state index contributed by atoms with van der Waals surface area (Å²) in [5.41, 5.74) is 2.89. The molecule has 6 nitrogen and oxygen atoms in total.